The molecule has 1 aliphatic carbocycles. The molecule has 1 heterocycles. The standard InChI is InChI=1S/C31H35N3O7S/c1-5-39-25-16-20(8-14-24(25)35)17-32-34-28(36)19(4)41-22-11-9-21(10-12-22)29(37)33-30-27(31(38)40-6-2)23-13-7-18(3)15-26(23)42-30/h8-12,14,16-19,35H,5-7,13,15H2,1-4H3,(H,33,37)(H,34,36)/b32-17+/t18-,19-/m0/s1. The molecule has 0 saturated heterocycles. The Hall–Kier alpha value is -4.38. The number of amides is 2. The van der Waals surface area contributed by atoms with Gasteiger partial charge in [-0.15, -0.1) is 11.3 Å². The summed E-state index contributed by atoms with van der Waals surface area (Å²) in [5.74, 6) is 0.00565. The summed E-state index contributed by atoms with van der Waals surface area (Å²) in [7, 11) is 0. The van der Waals surface area contributed by atoms with Crippen molar-refractivity contribution in [3.8, 4) is 17.2 Å². The zero-order chi connectivity index (χ0) is 30.2. The van der Waals surface area contributed by atoms with E-state index in [-0.39, 0.29) is 18.3 Å². The summed E-state index contributed by atoms with van der Waals surface area (Å²) >= 11 is 1.44. The number of esters is 1. The molecule has 4 rings (SSSR count). The number of nitrogens with zero attached hydrogens (tertiary/aromatic N) is 1. The molecule has 0 spiro atoms. The van der Waals surface area contributed by atoms with Crippen LogP contribution in [0.4, 0.5) is 5.00 Å². The van der Waals surface area contributed by atoms with Gasteiger partial charge in [0.1, 0.15) is 10.8 Å². The lowest BCUT2D eigenvalue weighted by Crippen LogP contribution is -2.33. The average Bonchev–Trinajstić information content (AvgIpc) is 3.32. The Balaban J connectivity index is 1.36. The molecule has 0 bridgehead atoms. The lowest BCUT2D eigenvalue weighted by atomic mass is 9.88. The van der Waals surface area contributed by atoms with E-state index in [2.05, 4.69) is 22.8 Å². The van der Waals surface area contributed by atoms with Crippen LogP contribution in [0.15, 0.2) is 47.6 Å². The van der Waals surface area contributed by atoms with Gasteiger partial charge in [-0.3, -0.25) is 9.59 Å². The van der Waals surface area contributed by atoms with Gasteiger partial charge in [0.25, 0.3) is 11.8 Å². The van der Waals surface area contributed by atoms with Crippen molar-refractivity contribution in [2.75, 3.05) is 18.5 Å². The van der Waals surface area contributed by atoms with Gasteiger partial charge in [-0.1, -0.05) is 6.92 Å². The summed E-state index contributed by atoms with van der Waals surface area (Å²) in [4.78, 5) is 39.4. The number of aromatic hydroxyl groups is 1. The number of nitrogens with one attached hydrogen (secondary N) is 2. The second kappa shape index (κ2) is 14.0. The van der Waals surface area contributed by atoms with Crippen LogP contribution in [-0.2, 0) is 22.4 Å². The van der Waals surface area contributed by atoms with Gasteiger partial charge in [-0.25, -0.2) is 10.2 Å². The maximum atomic E-state index is 13.1. The number of fused-ring (bicyclic) bond motifs is 1. The van der Waals surface area contributed by atoms with Crippen LogP contribution in [0.1, 0.15) is 70.8 Å². The van der Waals surface area contributed by atoms with E-state index in [1.807, 2.05) is 6.92 Å². The van der Waals surface area contributed by atoms with E-state index in [0.717, 1.165) is 29.7 Å². The van der Waals surface area contributed by atoms with Crippen molar-refractivity contribution < 1.29 is 33.7 Å². The maximum absolute atomic E-state index is 13.1. The molecule has 3 aromatic rings. The highest BCUT2D eigenvalue weighted by atomic mass is 32.1. The minimum absolute atomic E-state index is 0.0184. The molecule has 0 aliphatic heterocycles. The van der Waals surface area contributed by atoms with E-state index in [0.29, 0.717) is 45.7 Å². The molecule has 2 amide bonds. The fourth-order valence-electron chi connectivity index (χ4n) is 4.52. The summed E-state index contributed by atoms with van der Waals surface area (Å²) in [6.07, 6.45) is 3.20. The van der Waals surface area contributed by atoms with Crippen molar-refractivity contribution in [3.63, 3.8) is 0 Å². The van der Waals surface area contributed by atoms with Gasteiger partial charge in [0.2, 0.25) is 0 Å². The number of thiophene rings is 1. The summed E-state index contributed by atoms with van der Waals surface area (Å²) < 4.78 is 16.3. The first-order valence-electron chi connectivity index (χ1n) is 13.9. The number of hydrazone groups is 1. The Morgan fingerprint density at radius 1 is 1.14 bits per heavy atom. The van der Waals surface area contributed by atoms with Crippen molar-refractivity contribution in [3.05, 3.63) is 69.6 Å². The van der Waals surface area contributed by atoms with Crippen LogP contribution in [-0.4, -0.2) is 48.4 Å². The number of phenols is 1. The highest BCUT2D eigenvalue weighted by molar-refractivity contribution is 7.17. The van der Waals surface area contributed by atoms with Crippen LogP contribution in [0.25, 0.3) is 0 Å². The molecule has 1 aliphatic rings. The summed E-state index contributed by atoms with van der Waals surface area (Å²) in [6, 6.07) is 11.1. The Labute approximate surface area is 248 Å². The Bertz CT molecular complexity index is 1470. The number of rotatable bonds is 11. The number of ether oxygens (including phenoxy) is 3. The van der Waals surface area contributed by atoms with E-state index in [1.165, 1.54) is 23.6 Å². The molecule has 10 nitrogen and oxygen atoms in total. The van der Waals surface area contributed by atoms with Gasteiger partial charge in [-0.2, -0.15) is 5.10 Å². The summed E-state index contributed by atoms with van der Waals surface area (Å²) in [6.45, 7) is 7.99. The zero-order valence-electron chi connectivity index (χ0n) is 24.1. The molecular formula is C31H35N3O7S. The number of carbonyl (C=O) groups is 3. The molecule has 222 valence electrons. The van der Waals surface area contributed by atoms with E-state index < -0.39 is 18.0 Å². The molecule has 2 aromatic carbocycles. The molecule has 0 saturated carbocycles. The Kier molecular flexibility index (Phi) is 10.2. The number of hydrogen-bond donors (Lipinski definition) is 3. The van der Waals surface area contributed by atoms with Crippen molar-refractivity contribution in [1.82, 2.24) is 5.43 Å². The largest absolute Gasteiger partial charge is 0.504 e. The molecule has 0 fully saturated rings. The Morgan fingerprint density at radius 2 is 1.90 bits per heavy atom. The van der Waals surface area contributed by atoms with Crippen LogP contribution in [0.3, 0.4) is 0 Å². The van der Waals surface area contributed by atoms with E-state index in [1.54, 1.807) is 50.2 Å². The lowest BCUT2D eigenvalue weighted by molar-refractivity contribution is -0.127. The fraction of sp³-hybridized carbons (Fsp3) is 0.355. The summed E-state index contributed by atoms with van der Waals surface area (Å²) in [5, 5.41) is 17.2. The third-order valence-electron chi connectivity index (χ3n) is 6.69. The van der Waals surface area contributed by atoms with Crippen molar-refractivity contribution in [1.29, 1.82) is 0 Å². The fourth-order valence-corrected chi connectivity index (χ4v) is 5.91. The van der Waals surface area contributed by atoms with E-state index in [4.69, 9.17) is 14.2 Å². The predicted molar refractivity (Wildman–Crippen MR) is 161 cm³/mol. The summed E-state index contributed by atoms with van der Waals surface area (Å²) in [5.41, 5.74) is 4.86. The van der Waals surface area contributed by atoms with Crippen LogP contribution in [0.5, 0.6) is 17.2 Å². The van der Waals surface area contributed by atoms with Crippen molar-refractivity contribution in [2.24, 2.45) is 11.0 Å². The van der Waals surface area contributed by atoms with E-state index in [9.17, 15) is 19.5 Å². The first-order chi connectivity index (χ1) is 20.2. The maximum Gasteiger partial charge on any atom is 0.341 e. The zero-order valence-corrected chi connectivity index (χ0v) is 24.9. The molecule has 0 unspecified atom stereocenters. The molecular weight excluding hydrogens is 558 g/mol. The minimum atomic E-state index is -0.868. The van der Waals surface area contributed by atoms with Gasteiger partial charge in [-0.05, 0) is 99.5 Å². The third kappa shape index (κ3) is 7.47. The minimum Gasteiger partial charge on any atom is -0.504 e. The lowest BCUT2D eigenvalue weighted by Gasteiger charge is -2.18. The quantitative estimate of drug-likeness (QED) is 0.155. The molecule has 3 N–H and O–H groups in total. The SMILES string of the molecule is CCOC(=O)c1c(NC(=O)c2ccc(O[C@@H](C)C(=O)N/N=C/c3ccc(O)c(OCC)c3)cc2)sc2c1CC[C@H](C)C2. The highest BCUT2D eigenvalue weighted by Crippen LogP contribution is 2.40. The number of carbonyl (C=O) groups excluding carboxylic acids is 3. The highest BCUT2D eigenvalue weighted by Gasteiger charge is 2.29. The third-order valence-corrected chi connectivity index (χ3v) is 7.86. The molecule has 1 aromatic heterocycles. The molecule has 42 heavy (non-hydrogen) atoms. The van der Waals surface area contributed by atoms with Crippen LogP contribution in [0, 0.1) is 5.92 Å². The van der Waals surface area contributed by atoms with Gasteiger partial charge in [0.15, 0.2) is 17.6 Å². The number of phenolic OH excluding ortho intramolecular Hbond substituents is 1. The first-order valence-corrected chi connectivity index (χ1v) is 14.7. The van der Waals surface area contributed by atoms with Gasteiger partial charge >= 0.3 is 5.97 Å². The van der Waals surface area contributed by atoms with Crippen LogP contribution >= 0.6 is 11.3 Å². The first kappa shape index (κ1) is 30.6. The second-order valence-electron chi connectivity index (χ2n) is 9.91. The monoisotopic (exact) mass is 593 g/mol. The van der Waals surface area contributed by atoms with Crippen molar-refractivity contribution >= 4 is 40.3 Å². The van der Waals surface area contributed by atoms with Crippen LogP contribution in [0.2, 0.25) is 0 Å². The van der Waals surface area contributed by atoms with Gasteiger partial charge in [0, 0.05) is 10.4 Å². The molecule has 0 radical (unpaired) electrons. The van der Waals surface area contributed by atoms with Crippen molar-refractivity contribution in [2.45, 2.75) is 53.1 Å². The smallest absolute Gasteiger partial charge is 0.341 e. The normalized spacial score (nSPS) is 15.0. The second-order valence-corrected chi connectivity index (χ2v) is 11.0. The van der Waals surface area contributed by atoms with Crippen LogP contribution < -0.4 is 20.2 Å². The van der Waals surface area contributed by atoms with Gasteiger partial charge in [0.05, 0.1) is 25.0 Å². The number of anilines is 1. The predicted octanol–water partition coefficient (Wildman–Crippen LogP) is 5.32. The molecule has 2 atom stereocenters. The number of benzene rings is 2. The van der Waals surface area contributed by atoms with Gasteiger partial charge < -0.3 is 24.6 Å². The topological polar surface area (TPSA) is 136 Å². The molecule has 11 heteroatoms. The Morgan fingerprint density at radius 3 is 2.62 bits per heavy atom. The number of hydrogen-bond acceptors (Lipinski definition) is 9. The van der Waals surface area contributed by atoms with E-state index >= 15 is 0 Å². The average molecular weight is 594 g/mol.